The van der Waals surface area contributed by atoms with Crippen molar-refractivity contribution in [2.75, 3.05) is 11.5 Å². The van der Waals surface area contributed by atoms with Crippen LogP contribution in [-0.2, 0) is 0 Å². The highest BCUT2D eigenvalue weighted by Crippen LogP contribution is 2.30. The molecule has 0 saturated heterocycles. The summed E-state index contributed by atoms with van der Waals surface area (Å²) in [5.74, 6) is 2.80. The van der Waals surface area contributed by atoms with Gasteiger partial charge in [0.05, 0.1) is 4.58 Å². The first-order valence-corrected chi connectivity index (χ1v) is 22.2. The molecule has 0 amide bonds. The summed E-state index contributed by atoms with van der Waals surface area (Å²) in [7, 11) is 0. The van der Waals surface area contributed by atoms with Gasteiger partial charge in [-0.25, -0.2) is 0 Å². The maximum atomic E-state index is 2.37. The zero-order chi connectivity index (χ0) is 30.4. The molecular formula is C40H82S2. The summed E-state index contributed by atoms with van der Waals surface area (Å²) >= 11 is 4.57. The van der Waals surface area contributed by atoms with Crippen molar-refractivity contribution in [1.29, 1.82) is 0 Å². The zero-order valence-electron chi connectivity index (χ0n) is 29.8. The molecule has 0 radical (unpaired) electrons. The fourth-order valence-electron chi connectivity index (χ4n) is 6.18. The van der Waals surface area contributed by atoms with E-state index in [1.54, 1.807) is 0 Å². The Morgan fingerprint density at radius 3 is 0.690 bits per heavy atom. The van der Waals surface area contributed by atoms with E-state index in [1.807, 2.05) is 0 Å². The van der Waals surface area contributed by atoms with E-state index in [9.17, 15) is 0 Å². The quantitative estimate of drug-likeness (QED) is 0.0494. The Balaban J connectivity index is 3.34. The standard InChI is InChI=1S/C40H82S2/c1-4-7-9-11-13-15-17-19-21-23-25-27-29-31-33-35-38-41-40(37-6-3)42-39-36-34-32-30-28-26-24-22-20-18-16-14-12-10-8-5-2/h40H,4-39H2,1-3H3. The highest BCUT2D eigenvalue weighted by molar-refractivity contribution is 8.17. The van der Waals surface area contributed by atoms with Gasteiger partial charge in [-0.2, -0.15) is 0 Å². The Morgan fingerprint density at radius 2 is 0.476 bits per heavy atom. The van der Waals surface area contributed by atoms with E-state index in [4.69, 9.17) is 0 Å². The van der Waals surface area contributed by atoms with E-state index in [-0.39, 0.29) is 0 Å². The highest BCUT2D eigenvalue weighted by atomic mass is 32.2. The molecule has 0 atom stereocenters. The van der Waals surface area contributed by atoms with Crippen molar-refractivity contribution >= 4 is 23.5 Å². The minimum absolute atomic E-state index is 0.864. The molecular weight excluding hydrogens is 545 g/mol. The number of unbranched alkanes of at least 4 members (excludes halogenated alkanes) is 30. The van der Waals surface area contributed by atoms with E-state index in [2.05, 4.69) is 44.3 Å². The lowest BCUT2D eigenvalue weighted by molar-refractivity contribution is 0.531. The van der Waals surface area contributed by atoms with E-state index in [0.717, 1.165) is 4.58 Å². The lowest BCUT2D eigenvalue weighted by atomic mass is 10.0. The van der Waals surface area contributed by atoms with Gasteiger partial charge in [-0.1, -0.05) is 220 Å². The Labute approximate surface area is 277 Å². The second-order valence-corrected chi connectivity index (χ2v) is 16.5. The topological polar surface area (TPSA) is 0 Å². The van der Waals surface area contributed by atoms with Gasteiger partial charge in [0.25, 0.3) is 0 Å². The molecule has 0 unspecified atom stereocenters. The lowest BCUT2D eigenvalue weighted by Gasteiger charge is -2.15. The van der Waals surface area contributed by atoms with Crippen LogP contribution in [0, 0.1) is 0 Å². The van der Waals surface area contributed by atoms with E-state index in [0.29, 0.717) is 0 Å². The number of hydrogen-bond donors (Lipinski definition) is 0. The Bertz CT molecular complexity index is 413. The number of hydrogen-bond acceptors (Lipinski definition) is 2. The highest BCUT2D eigenvalue weighted by Gasteiger charge is 2.08. The SMILES string of the molecule is CCCCCCCCCCCCCCCCCCSC(CCC)SCCCCCCCCCCCCCCCCCC. The third kappa shape index (κ3) is 36.9. The Hall–Kier alpha value is 0.700. The van der Waals surface area contributed by atoms with Crippen LogP contribution in [0.1, 0.15) is 239 Å². The van der Waals surface area contributed by atoms with Gasteiger partial charge in [0, 0.05) is 0 Å². The minimum atomic E-state index is 0.864. The van der Waals surface area contributed by atoms with Gasteiger partial charge >= 0.3 is 0 Å². The van der Waals surface area contributed by atoms with Gasteiger partial charge in [-0.15, -0.1) is 23.5 Å². The molecule has 0 aliphatic carbocycles. The molecule has 0 aromatic heterocycles. The lowest BCUT2D eigenvalue weighted by Crippen LogP contribution is -2.00. The van der Waals surface area contributed by atoms with Crippen molar-refractivity contribution < 1.29 is 0 Å². The molecule has 0 aliphatic rings. The molecule has 254 valence electrons. The third-order valence-electron chi connectivity index (χ3n) is 9.13. The Kier molecular flexibility index (Phi) is 40.4. The molecule has 42 heavy (non-hydrogen) atoms. The smallest absolute Gasteiger partial charge is 0.0502 e. The molecule has 0 saturated carbocycles. The molecule has 0 fully saturated rings. The van der Waals surface area contributed by atoms with E-state index in [1.165, 1.54) is 230 Å². The summed E-state index contributed by atoms with van der Waals surface area (Å²) in [4.78, 5) is 0. The van der Waals surface area contributed by atoms with Crippen LogP contribution in [0.15, 0.2) is 0 Å². The largest absolute Gasteiger partial charge is 0.148 e. The predicted octanol–water partition coefficient (Wildman–Crippen LogP) is 16.1. The summed E-state index contributed by atoms with van der Waals surface area (Å²) in [5, 5.41) is 0. The zero-order valence-corrected chi connectivity index (χ0v) is 31.5. The maximum Gasteiger partial charge on any atom is 0.0502 e. The van der Waals surface area contributed by atoms with Crippen LogP contribution in [0.3, 0.4) is 0 Å². The number of thioether (sulfide) groups is 2. The average Bonchev–Trinajstić information content (AvgIpc) is 3.00. The second-order valence-electron chi connectivity index (χ2n) is 13.6. The van der Waals surface area contributed by atoms with E-state index >= 15 is 0 Å². The summed E-state index contributed by atoms with van der Waals surface area (Å²) in [5.41, 5.74) is 0. The first-order valence-electron chi connectivity index (χ1n) is 20.1. The van der Waals surface area contributed by atoms with Crippen LogP contribution >= 0.6 is 23.5 Å². The van der Waals surface area contributed by atoms with Gasteiger partial charge in [0.1, 0.15) is 0 Å². The van der Waals surface area contributed by atoms with E-state index < -0.39 is 0 Å². The first kappa shape index (κ1) is 42.7. The van der Waals surface area contributed by atoms with Crippen LogP contribution in [0.4, 0.5) is 0 Å². The van der Waals surface area contributed by atoms with Gasteiger partial charge in [-0.05, 0) is 30.8 Å². The van der Waals surface area contributed by atoms with Crippen molar-refractivity contribution in [2.24, 2.45) is 0 Å². The van der Waals surface area contributed by atoms with Gasteiger partial charge in [0.2, 0.25) is 0 Å². The van der Waals surface area contributed by atoms with Crippen molar-refractivity contribution in [2.45, 2.75) is 244 Å². The van der Waals surface area contributed by atoms with Gasteiger partial charge in [0.15, 0.2) is 0 Å². The van der Waals surface area contributed by atoms with Crippen molar-refractivity contribution in [3.63, 3.8) is 0 Å². The summed E-state index contributed by atoms with van der Waals surface area (Å²) in [6.07, 6.45) is 49.8. The fraction of sp³-hybridized carbons (Fsp3) is 1.00. The molecule has 0 heterocycles. The molecule has 0 aromatic carbocycles. The minimum Gasteiger partial charge on any atom is -0.148 e. The van der Waals surface area contributed by atoms with Crippen LogP contribution in [-0.4, -0.2) is 16.1 Å². The van der Waals surface area contributed by atoms with Crippen molar-refractivity contribution in [3.05, 3.63) is 0 Å². The van der Waals surface area contributed by atoms with Crippen LogP contribution in [0.2, 0.25) is 0 Å². The molecule has 0 aromatic rings. The van der Waals surface area contributed by atoms with Crippen LogP contribution in [0.25, 0.3) is 0 Å². The van der Waals surface area contributed by atoms with Gasteiger partial charge < -0.3 is 0 Å². The monoisotopic (exact) mass is 627 g/mol. The molecule has 0 nitrogen and oxygen atoms in total. The fourth-order valence-corrected chi connectivity index (χ4v) is 9.21. The Morgan fingerprint density at radius 1 is 0.262 bits per heavy atom. The molecule has 2 heteroatoms. The molecule has 0 aliphatic heterocycles. The van der Waals surface area contributed by atoms with Crippen molar-refractivity contribution in [1.82, 2.24) is 0 Å². The summed E-state index contributed by atoms with van der Waals surface area (Å²) < 4.78 is 0.864. The number of rotatable bonds is 38. The molecule has 0 N–H and O–H groups in total. The van der Waals surface area contributed by atoms with Crippen LogP contribution in [0.5, 0.6) is 0 Å². The third-order valence-corrected chi connectivity index (χ3v) is 12.2. The summed E-state index contributed by atoms with van der Waals surface area (Å²) in [6.45, 7) is 6.99. The maximum absolute atomic E-state index is 2.37. The molecule has 0 spiro atoms. The molecule has 0 rings (SSSR count). The van der Waals surface area contributed by atoms with Gasteiger partial charge in [-0.3, -0.25) is 0 Å². The predicted molar refractivity (Wildman–Crippen MR) is 203 cm³/mol. The van der Waals surface area contributed by atoms with Crippen LogP contribution < -0.4 is 0 Å². The summed E-state index contributed by atoms with van der Waals surface area (Å²) in [6, 6.07) is 0. The van der Waals surface area contributed by atoms with Crippen molar-refractivity contribution in [3.8, 4) is 0 Å². The molecule has 0 bridgehead atoms. The normalized spacial score (nSPS) is 11.7. The average molecular weight is 627 g/mol. The first-order chi connectivity index (χ1) is 20.8. The second kappa shape index (κ2) is 39.7.